The molecule has 1 N–H and O–H groups in total. The molecule has 0 aliphatic carbocycles. The van der Waals surface area contributed by atoms with Crippen molar-refractivity contribution in [1.82, 2.24) is 9.13 Å². The number of anilines is 1. The fourth-order valence-electron chi connectivity index (χ4n) is 4.27. The number of fused-ring (bicyclic) bond motifs is 1. The lowest BCUT2D eigenvalue weighted by Crippen LogP contribution is -2.25. The standard InChI is InChI=1S/C29H21ClFN3O3/c1-18-16-21(32-28(36)22-4-2-3-5-23(22)31)10-11-24(18)34-15-13-26(35)27-25(34)12-14-33(29(27)37)17-19-6-8-20(30)9-7-19/h2-16H,17H2,1H3,(H,32,36). The Morgan fingerprint density at radius 1 is 0.946 bits per heavy atom. The summed E-state index contributed by atoms with van der Waals surface area (Å²) in [7, 11) is 0. The SMILES string of the molecule is Cc1cc(NC(=O)c2ccccc2F)ccc1-n1ccc(=O)c2c(=O)n(Cc3ccc(Cl)cc3)ccc21. The first-order valence-electron chi connectivity index (χ1n) is 11.5. The van der Waals surface area contributed by atoms with Gasteiger partial charge in [0.1, 0.15) is 11.2 Å². The van der Waals surface area contributed by atoms with Crippen LogP contribution in [-0.4, -0.2) is 15.0 Å². The monoisotopic (exact) mass is 513 g/mol. The highest BCUT2D eigenvalue weighted by Gasteiger charge is 2.14. The van der Waals surface area contributed by atoms with Crippen molar-refractivity contribution in [3.63, 3.8) is 0 Å². The summed E-state index contributed by atoms with van der Waals surface area (Å²) in [4.78, 5) is 38.5. The van der Waals surface area contributed by atoms with E-state index in [2.05, 4.69) is 5.32 Å². The van der Waals surface area contributed by atoms with Crippen molar-refractivity contribution < 1.29 is 9.18 Å². The molecule has 0 saturated carbocycles. The van der Waals surface area contributed by atoms with E-state index in [0.29, 0.717) is 22.8 Å². The molecule has 5 rings (SSSR count). The third kappa shape index (κ3) is 4.81. The van der Waals surface area contributed by atoms with Crippen LogP contribution in [0.3, 0.4) is 0 Å². The Hall–Kier alpha value is -4.49. The summed E-state index contributed by atoms with van der Waals surface area (Å²) in [6.07, 6.45) is 3.28. The molecule has 184 valence electrons. The number of nitrogens with zero attached hydrogens (tertiary/aromatic N) is 2. The maximum absolute atomic E-state index is 14.0. The van der Waals surface area contributed by atoms with Crippen LogP contribution in [0.4, 0.5) is 10.1 Å². The van der Waals surface area contributed by atoms with Gasteiger partial charge in [-0.25, -0.2) is 4.39 Å². The Balaban J connectivity index is 1.50. The molecule has 0 atom stereocenters. The number of pyridine rings is 2. The van der Waals surface area contributed by atoms with Crippen molar-refractivity contribution in [3.8, 4) is 5.69 Å². The van der Waals surface area contributed by atoms with E-state index in [1.165, 1.54) is 28.8 Å². The largest absolute Gasteiger partial charge is 0.322 e. The number of nitrogens with one attached hydrogen (secondary N) is 1. The molecular weight excluding hydrogens is 493 g/mol. The van der Waals surface area contributed by atoms with Crippen LogP contribution in [0.15, 0.2) is 101 Å². The second-order valence-electron chi connectivity index (χ2n) is 8.62. The average molecular weight is 514 g/mol. The van der Waals surface area contributed by atoms with E-state index in [9.17, 15) is 18.8 Å². The first kappa shape index (κ1) is 24.2. The van der Waals surface area contributed by atoms with Gasteiger partial charge in [0.15, 0.2) is 5.43 Å². The molecule has 2 aromatic heterocycles. The number of rotatable bonds is 5. The maximum atomic E-state index is 14.0. The number of amides is 1. The van der Waals surface area contributed by atoms with E-state index in [4.69, 9.17) is 11.6 Å². The van der Waals surface area contributed by atoms with E-state index in [0.717, 1.165) is 16.8 Å². The molecule has 2 heterocycles. The fourth-order valence-corrected chi connectivity index (χ4v) is 4.40. The lowest BCUT2D eigenvalue weighted by molar-refractivity contribution is 0.102. The van der Waals surface area contributed by atoms with Gasteiger partial charge < -0.3 is 14.5 Å². The molecule has 0 aliphatic rings. The number of aromatic nitrogens is 2. The molecule has 0 saturated heterocycles. The molecule has 0 radical (unpaired) electrons. The van der Waals surface area contributed by atoms with Crippen LogP contribution >= 0.6 is 11.6 Å². The number of hydrogen-bond acceptors (Lipinski definition) is 3. The lowest BCUT2D eigenvalue weighted by Gasteiger charge is -2.16. The van der Waals surface area contributed by atoms with Gasteiger partial charge in [-0.3, -0.25) is 14.4 Å². The van der Waals surface area contributed by atoms with Crippen LogP contribution in [0.1, 0.15) is 21.5 Å². The minimum absolute atomic E-state index is 0.0505. The van der Waals surface area contributed by atoms with E-state index < -0.39 is 17.3 Å². The van der Waals surface area contributed by atoms with Gasteiger partial charge in [-0.2, -0.15) is 0 Å². The second kappa shape index (κ2) is 9.87. The van der Waals surface area contributed by atoms with Gasteiger partial charge >= 0.3 is 0 Å². The maximum Gasteiger partial charge on any atom is 0.264 e. The Labute approximate surface area is 216 Å². The van der Waals surface area contributed by atoms with Gasteiger partial charge in [-0.1, -0.05) is 35.9 Å². The third-order valence-corrected chi connectivity index (χ3v) is 6.37. The first-order chi connectivity index (χ1) is 17.8. The predicted molar refractivity (Wildman–Crippen MR) is 143 cm³/mol. The normalized spacial score (nSPS) is 11.0. The number of carbonyl (C=O) groups is 1. The zero-order valence-corrected chi connectivity index (χ0v) is 20.5. The molecule has 37 heavy (non-hydrogen) atoms. The quantitative estimate of drug-likeness (QED) is 0.335. The summed E-state index contributed by atoms with van der Waals surface area (Å²) in [6, 6.07) is 21.2. The van der Waals surface area contributed by atoms with Crippen molar-refractivity contribution in [2.24, 2.45) is 0 Å². The highest BCUT2D eigenvalue weighted by molar-refractivity contribution is 6.30. The van der Waals surface area contributed by atoms with Gasteiger partial charge in [-0.15, -0.1) is 0 Å². The predicted octanol–water partition coefficient (Wildman–Crippen LogP) is 5.55. The zero-order chi connectivity index (χ0) is 26.1. The Morgan fingerprint density at radius 2 is 1.70 bits per heavy atom. The van der Waals surface area contributed by atoms with Crippen LogP contribution in [0.5, 0.6) is 0 Å². The summed E-state index contributed by atoms with van der Waals surface area (Å²) in [6.45, 7) is 2.15. The molecule has 0 spiro atoms. The number of aryl methyl sites for hydroxylation is 1. The molecule has 8 heteroatoms. The van der Waals surface area contributed by atoms with Gasteiger partial charge in [0, 0.05) is 34.9 Å². The van der Waals surface area contributed by atoms with Gasteiger partial charge in [0.2, 0.25) is 0 Å². The van der Waals surface area contributed by atoms with Crippen molar-refractivity contribution in [2.45, 2.75) is 13.5 Å². The van der Waals surface area contributed by atoms with Crippen molar-refractivity contribution in [2.75, 3.05) is 5.32 Å². The Bertz CT molecular complexity index is 1780. The first-order valence-corrected chi connectivity index (χ1v) is 11.9. The van der Waals surface area contributed by atoms with E-state index >= 15 is 0 Å². The number of hydrogen-bond donors (Lipinski definition) is 1. The van der Waals surface area contributed by atoms with Crippen LogP contribution in [0.25, 0.3) is 16.6 Å². The molecule has 3 aromatic carbocycles. The van der Waals surface area contributed by atoms with Crippen LogP contribution in [-0.2, 0) is 6.54 Å². The van der Waals surface area contributed by atoms with Crippen molar-refractivity contribution in [1.29, 1.82) is 0 Å². The molecule has 5 aromatic rings. The van der Waals surface area contributed by atoms with E-state index in [1.54, 1.807) is 59.4 Å². The summed E-state index contributed by atoms with van der Waals surface area (Å²) in [5.41, 5.74) is 2.54. The lowest BCUT2D eigenvalue weighted by atomic mass is 10.1. The van der Waals surface area contributed by atoms with E-state index in [-0.39, 0.29) is 16.4 Å². The van der Waals surface area contributed by atoms with Crippen molar-refractivity contribution >= 4 is 34.1 Å². The summed E-state index contributed by atoms with van der Waals surface area (Å²) in [5, 5.41) is 3.39. The Kier molecular flexibility index (Phi) is 6.46. The van der Waals surface area contributed by atoms with Crippen LogP contribution < -0.4 is 16.3 Å². The molecule has 0 fully saturated rings. The van der Waals surface area contributed by atoms with Crippen LogP contribution in [0.2, 0.25) is 5.02 Å². The highest BCUT2D eigenvalue weighted by Crippen LogP contribution is 2.22. The van der Waals surface area contributed by atoms with Gasteiger partial charge in [0.05, 0.1) is 17.6 Å². The minimum Gasteiger partial charge on any atom is -0.322 e. The number of halogens is 2. The molecule has 0 bridgehead atoms. The molecule has 1 amide bonds. The molecular formula is C29H21ClFN3O3. The highest BCUT2D eigenvalue weighted by atomic mass is 35.5. The number of benzene rings is 3. The van der Waals surface area contributed by atoms with Gasteiger partial charge in [-0.05, 0) is 66.6 Å². The summed E-state index contributed by atoms with van der Waals surface area (Å²) < 4.78 is 17.2. The molecule has 0 unspecified atom stereocenters. The second-order valence-corrected chi connectivity index (χ2v) is 9.06. The van der Waals surface area contributed by atoms with Crippen molar-refractivity contribution in [3.05, 3.63) is 139 Å². The van der Waals surface area contributed by atoms with E-state index in [1.807, 2.05) is 19.1 Å². The molecule has 0 aliphatic heterocycles. The summed E-state index contributed by atoms with van der Waals surface area (Å²) >= 11 is 5.95. The third-order valence-electron chi connectivity index (χ3n) is 6.12. The van der Waals surface area contributed by atoms with Crippen LogP contribution in [0, 0.1) is 12.7 Å². The number of carbonyl (C=O) groups excluding carboxylic acids is 1. The molecule has 6 nitrogen and oxygen atoms in total. The Morgan fingerprint density at radius 3 is 2.43 bits per heavy atom. The fraction of sp³-hybridized carbons (Fsp3) is 0.0690. The van der Waals surface area contributed by atoms with Gasteiger partial charge in [0.25, 0.3) is 11.5 Å². The minimum atomic E-state index is -0.602. The summed E-state index contributed by atoms with van der Waals surface area (Å²) in [5.74, 6) is -1.16. The topological polar surface area (TPSA) is 73.1 Å². The average Bonchev–Trinajstić information content (AvgIpc) is 2.88. The smallest absolute Gasteiger partial charge is 0.264 e. The zero-order valence-electron chi connectivity index (χ0n) is 19.7.